The van der Waals surface area contributed by atoms with Gasteiger partial charge in [0.15, 0.2) is 0 Å². The van der Waals surface area contributed by atoms with Crippen molar-refractivity contribution in [3.05, 3.63) is 0 Å². The van der Waals surface area contributed by atoms with Gasteiger partial charge in [0, 0.05) is 7.05 Å². The Labute approximate surface area is 118 Å². The second-order valence-electron chi connectivity index (χ2n) is 5.24. The molecule has 1 atom stereocenters. The fourth-order valence-electron chi connectivity index (χ4n) is 2.46. The molecule has 0 radical (unpaired) electrons. The number of carboxylic acids is 1. The standard InChI is InChI=1S/C13H23N3O4/c1-9(10(17)14-2)15-12(20)16-13(11(18)19)7-5-3-4-6-8-13/h9H,3-8H2,1-2H3,(H,14,17)(H,18,19)(H2,15,16,20). The number of aliphatic carboxylic acids is 1. The molecule has 1 aliphatic rings. The average molecular weight is 285 g/mol. The Kier molecular flexibility index (Phi) is 5.79. The zero-order valence-electron chi connectivity index (χ0n) is 12.0. The number of urea groups is 1. The zero-order chi connectivity index (χ0) is 15.2. The van der Waals surface area contributed by atoms with E-state index in [-0.39, 0.29) is 5.91 Å². The fraction of sp³-hybridized carbons (Fsp3) is 0.769. The normalized spacial score (nSPS) is 19.3. The number of carbonyl (C=O) groups excluding carboxylic acids is 2. The van der Waals surface area contributed by atoms with Gasteiger partial charge in [-0.1, -0.05) is 25.7 Å². The molecule has 0 aromatic heterocycles. The van der Waals surface area contributed by atoms with Crippen molar-refractivity contribution in [2.45, 2.75) is 57.0 Å². The third-order valence-corrected chi connectivity index (χ3v) is 3.71. The van der Waals surface area contributed by atoms with Crippen LogP contribution in [0.4, 0.5) is 4.79 Å². The van der Waals surface area contributed by atoms with E-state index in [1.807, 2.05) is 0 Å². The van der Waals surface area contributed by atoms with Gasteiger partial charge in [-0.2, -0.15) is 0 Å². The van der Waals surface area contributed by atoms with Gasteiger partial charge in [-0.25, -0.2) is 9.59 Å². The lowest BCUT2D eigenvalue weighted by atomic mass is 9.90. The molecule has 0 heterocycles. The molecule has 7 nitrogen and oxygen atoms in total. The van der Waals surface area contributed by atoms with Gasteiger partial charge in [0.25, 0.3) is 0 Å². The molecule has 1 fully saturated rings. The molecule has 0 saturated heterocycles. The fourth-order valence-corrected chi connectivity index (χ4v) is 2.46. The summed E-state index contributed by atoms with van der Waals surface area (Å²) < 4.78 is 0. The molecule has 1 rings (SSSR count). The molecule has 4 N–H and O–H groups in total. The van der Waals surface area contributed by atoms with Crippen LogP contribution < -0.4 is 16.0 Å². The summed E-state index contributed by atoms with van der Waals surface area (Å²) in [5.74, 6) is -1.34. The van der Waals surface area contributed by atoms with E-state index in [1.54, 1.807) is 6.92 Å². The molecule has 0 bridgehead atoms. The first-order valence-electron chi connectivity index (χ1n) is 6.95. The molecule has 20 heavy (non-hydrogen) atoms. The summed E-state index contributed by atoms with van der Waals surface area (Å²) in [7, 11) is 1.47. The molecule has 7 heteroatoms. The first kappa shape index (κ1) is 16.3. The van der Waals surface area contributed by atoms with Crippen LogP contribution in [0.1, 0.15) is 45.4 Å². The molecule has 1 unspecified atom stereocenters. The molecule has 0 spiro atoms. The molecule has 0 aliphatic heterocycles. The SMILES string of the molecule is CNC(=O)C(C)NC(=O)NC1(C(=O)O)CCCCCC1. The molecule has 114 valence electrons. The van der Waals surface area contributed by atoms with E-state index >= 15 is 0 Å². The number of hydrogen-bond donors (Lipinski definition) is 4. The lowest BCUT2D eigenvalue weighted by molar-refractivity contribution is -0.145. The topological polar surface area (TPSA) is 108 Å². The van der Waals surface area contributed by atoms with Crippen LogP contribution in [0, 0.1) is 0 Å². The van der Waals surface area contributed by atoms with Gasteiger partial charge in [-0.3, -0.25) is 4.79 Å². The number of carboxylic acid groups (broad SMARTS) is 1. The maximum Gasteiger partial charge on any atom is 0.329 e. The van der Waals surface area contributed by atoms with Crippen molar-refractivity contribution in [3.63, 3.8) is 0 Å². The van der Waals surface area contributed by atoms with Crippen molar-refractivity contribution in [2.24, 2.45) is 0 Å². The number of hydrogen-bond acceptors (Lipinski definition) is 3. The summed E-state index contributed by atoms with van der Waals surface area (Å²) in [6, 6.07) is -1.33. The van der Waals surface area contributed by atoms with E-state index in [0.29, 0.717) is 12.8 Å². The van der Waals surface area contributed by atoms with Crippen LogP contribution in [0.25, 0.3) is 0 Å². The second-order valence-corrected chi connectivity index (χ2v) is 5.24. The van der Waals surface area contributed by atoms with Gasteiger partial charge in [0.1, 0.15) is 11.6 Å². The summed E-state index contributed by atoms with van der Waals surface area (Å²) in [5, 5.41) is 16.9. The Hall–Kier alpha value is -1.79. The first-order chi connectivity index (χ1) is 9.41. The van der Waals surface area contributed by atoms with Crippen molar-refractivity contribution < 1.29 is 19.5 Å². The van der Waals surface area contributed by atoms with Crippen molar-refractivity contribution in [1.82, 2.24) is 16.0 Å². The van der Waals surface area contributed by atoms with E-state index in [0.717, 1.165) is 25.7 Å². The van der Waals surface area contributed by atoms with E-state index in [9.17, 15) is 19.5 Å². The maximum atomic E-state index is 11.9. The summed E-state index contributed by atoms with van der Waals surface area (Å²) in [5.41, 5.74) is -1.22. The molecule has 0 aromatic carbocycles. The van der Waals surface area contributed by atoms with Gasteiger partial charge in [0.2, 0.25) is 5.91 Å². The Balaban J connectivity index is 2.68. The van der Waals surface area contributed by atoms with Gasteiger partial charge < -0.3 is 21.1 Å². The number of likely N-dealkylation sites (N-methyl/N-ethyl adjacent to an activating group) is 1. The average Bonchev–Trinajstić information content (AvgIpc) is 2.64. The molecular formula is C13H23N3O4. The van der Waals surface area contributed by atoms with Gasteiger partial charge in [-0.05, 0) is 19.8 Å². The highest BCUT2D eigenvalue weighted by Gasteiger charge is 2.40. The number of rotatable bonds is 4. The van der Waals surface area contributed by atoms with Gasteiger partial charge in [0.05, 0.1) is 0 Å². The number of amides is 3. The minimum Gasteiger partial charge on any atom is -0.480 e. The van der Waals surface area contributed by atoms with Crippen molar-refractivity contribution in [1.29, 1.82) is 0 Å². The summed E-state index contributed by atoms with van der Waals surface area (Å²) >= 11 is 0. The summed E-state index contributed by atoms with van der Waals surface area (Å²) in [6.45, 7) is 1.54. The predicted molar refractivity (Wildman–Crippen MR) is 73.3 cm³/mol. The highest BCUT2D eigenvalue weighted by atomic mass is 16.4. The number of carbonyl (C=O) groups is 3. The number of nitrogens with one attached hydrogen (secondary N) is 3. The Morgan fingerprint density at radius 2 is 1.65 bits per heavy atom. The van der Waals surface area contributed by atoms with Crippen molar-refractivity contribution in [3.8, 4) is 0 Å². The van der Waals surface area contributed by atoms with Crippen LogP contribution >= 0.6 is 0 Å². The van der Waals surface area contributed by atoms with E-state index < -0.39 is 23.6 Å². The lowest BCUT2D eigenvalue weighted by Gasteiger charge is -2.29. The van der Waals surface area contributed by atoms with E-state index in [2.05, 4.69) is 16.0 Å². The van der Waals surface area contributed by atoms with Crippen LogP contribution in [0.2, 0.25) is 0 Å². The quantitative estimate of drug-likeness (QED) is 0.567. The third-order valence-electron chi connectivity index (χ3n) is 3.71. The molecular weight excluding hydrogens is 262 g/mol. The van der Waals surface area contributed by atoms with Crippen molar-refractivity contribution >= 4 is 17.9 Å². The summed E-state index contributed by atoms with van der Waals surface area (Å²) in [4.78, 5) is 34.8. The molecule has 1 saturated carbocycles. The highest BCUT2D eigenvalue weighted by Crippen LogP contribution is 2.27. The van der Waals surface area contributed by atoms with E-state index in [4.69, 9.17) is 0 Å². The minimum absolute atomic E-state index is 0.328. The minimum atomic E-state index is -1.22. The van der Waals surface area contributed by atoms with Gasteiger partial charge in [-0.15, -0.1) is 0 Å². The van der Waals surface area contributed by atoms with Crippen LogP contribution in [0.5, 0.6) is 0 Å². The van der Waals surface area contributed by atoms with Crippen LogP contribution in [-0.2, 0) is 9.59 Å². The van der Waals surface area contributed by atoms with Crippen LogP contribution in [0.3, 0.4) is 0 Å². The molecule has 0 aromatic rings. The molecule has 3 amide bonds. The summed E-state index contributed by atoms with van der Waals surface area (Å²) in [6.07, 6.45) is 4.35. The second kappa shape index (κ2) is 7.12. The first-order valence-corrected chi connectivity index (χ1v) is 6.95. The maximum absolute atomic E-state index is 11.9. The van der Waals surface area contributed by atoms with E-state index in [1.165, 1.54) is 7.05 Å². The Bertz CT molecular complexity index is 376. The zero-order valence-corrected chi connectivity index (χ0v) is 12.0. The largest absolute Gasteiger partial charge is 0.480 e. The van der Waals surface area contributed by atoms with Crippen LogP contribution in [-0.4, -0.2) is 41.6 Å². The Morgan fingerprint density at radius 1 is 1.10 bits per heavy atom. The Morgan fingerprint density at radius 3 is 2.10 bits per heavy atom. The molecule has 1 aliphatic carbocycles. The smallest absolute Gasteiger partial charge is 0.329 e. The highest BCUT2D eigenvalue weighted by molar-refractivity contribution is 5.89. The van der Waals surface area contributed by atoms with Crippen molar-refractivity contribution in [2.75, 3.05) is 7.05 Å². The predicted octanol–water partition coefficient (Wildman–Crippen LogP) is 0.598. The lowest BCUT2D eigenvalue weighted by Crippen LogP contribution is -2.59. The van der Waals surface area contributed by atoms with Crippen LogP contribution in [0.15, 0.2) is 0 Å². The third kappa shape index (κ3) is 4.11. The van der Waals surface area contributed by atoms with Gasteiger partial charge >= 0.3 is 12.0 Å². The monoisotopic (exact) mass is 285 g/mol.